The van der Waals surface area contributed by atoms with Gasteiger partial charge in [-0.3, -0.25) is 0 Å². The third kappa shape index (κ3) is 1.72. The van der Waals surface area contributed by atoms with Crippen LogP contribution in [0.3, 0.4) is 0 Å². The van der Waals surface area contributed by atoms with E-state index in [2.05, 4.69) is 16.1 Å². The summed E-state index contributed by atoms with van der Waals surface area (Å²) in [4.78, 5) is 4.59. The van der Waals surface area contributed by atoms with Crippen LogP contribution >= 0.6 is 11.3 Å². The van der Waals surface area contributed by atoms with Gasteiger partial charge in [0.25, 0.3) is 0 Å². The summed E-state index contributed by atoms with van der Waals surface area (Å²) in [6.45, 7) is 3.99. The van der Waals surface area contributed by atoms with Crippen molar-refractivity contribution in [3.05, 3.63) is 41.7 Å². The molecule has 18 heavy (non-hydrogen) atoms. The summed E-state index contributed by atoms with van der Waals surface area (Å²) in [5.74, 6) is 0. The van der Waals surface area contributed by atoms with Crippen molar-refractivity contribution in [2.75, 3.05) is 0 Å². The van der Waals surface area contributed by atoms with Crippen LogP contribution < -0.4 is 5.73 Å². The van der Waals surface area contributed by atoms with Gasteiger partial charge in [-0.2, -0.15) is 5.10 Å². The molecular formula is C13H14N4S. The molecule has 3 rings (SSSR count). The van der Waals surface area contributed by atoms with Crippen molar-refractivity contribution in [1.29, 1.82) is 0 Å². The Labute approximate surface area is 109 Å². The number of para-hydroxylation sites is 1. The van der Waals surface area contributed by atoms with E-state index in [1.165, 1.54) is 4.70 Å². The maximum absolute atomic E-state index is 5.91. The molecule has 4 nitrogen and oxygen atoms in total. The molecule has 1 atom stereocenters. The van der Waals surface area contributed by atoms with E-state index in [0.717, 1.165) is 21.9 Å². The molecule has 0 amide bonds. The van der Waals surface area contributed by atoms with Crippen molar-refractivity contribution in [1.82, 2.24) is 14.8 Å². The molecule has 1 aromatic carbocycles. The van der Waals surface area contributed by atoms with E-state index >= 15 is 0 Å². The molecule has 0 aliphatic rings. The largest absolute Gasteiger partial charge is 0.324 e. The summed E-state index contributed by atoms with van der Waals surface area (Å²) >= 11 is 1.64. The second kappa shape index (κ2) is 4.19. The van der Waals surface area contributed by atoms with Gasteiger partial charge in [-0.25, -0.2) is 9.67 Å². The van der Waals surface area contributed by atoms with Crippen LogP contribution in [0.1, 0.15) is 24.2 Å². The highest BCUT2D eigenvalue weighted by Crippen LogP contribution is 2.26. The third-order valence-electron chi connectivity index (χ3n) is 3.00. The fourth-order valence-electron chi connectivity index (χ4n) is 2.01. The van der Waals surface area contributed by atoms with Gasteiger partial charge in [-0.05, 0) is 26.0 Å². The Bertz CT molecular complexity index is 663. The highest BCUT2D eigenvalue weighted by Gasteiger charge is 2.13. The first kappa shape index (κ1) is 11.4. The van der Waals surface area contributed by atoms with Crippen LogP contribution in [0.25, 0.3) is 15.3 Å². The molecular weight excluding hydrogens is 244 g/mol. The van der Waals surface area contributed by atoms with Crippen molar-refractivity contribution >= 4 is 21.6 Å². The van der Waals surface area contributed by atoms with Crippen LogP contribution in [0, 0.1) is 6.92 Å². The molecule has 0 saturated carbocycles. The Morgan fingerprint density at radius 2 is 2.11 bits per heavy atom. The minimum atomic E-state index is -0.00636. The topological polar surface area (TPSA) is 56.7 Å². The van der Waals surface area contributed by atoms with Gasteiger partial charge in [-0.1, -0.05) is 23.5 Å². The Morgan fingerprint density at radius 3 is 2.78 bits per heavy atom. The Balaban J connectivity index is 2.14. The van der Waals surface area contributed by atoms with E-state index in [-0.39, 0.29) is 6.04 Å². The molecule has 0 aliphatic heterocycles. The fourth-order valence-corrected chi connectivity index (χ4v) is 2.99. The van der Waals surface area contributed by atoms with E-state index in [9.17, 15) is 0 Å². The molecule has 0 fully saturated rings. The maximum Gasteiger partial charge on any atom is 0.211 e. The summed E-state index contributed by atoms with van der Waals surface area (Å²) in [6, 6.07) is 8.10. The summed E-state index contributed by atoms with van der Waals surface area (Å²) in [5.41, 5.74) is 9.04. The van der Waals surface area contributed by atoms with Crippen molar-refractivity contribution in [3.8, 4) is 5.13 Å². The molecule has 0 aliphatic carbocycles. The lowest BCUT2D eigenvalue weighted by Gasteiger charge is -2.04. The normalized spacial score (nSPS) is 13.1. The molecule has 0 spiro atoms. The third-order valence-corrected chi connectivity index (χ3v) is 4.01. The summed E-state index contributed by atoms with van der Waals surface area (Å²) < 4.78 is 3.04. The smallest absolute Gasteiger partial charge is 0.211 e. The van der Waals surface area contributed by atoms with Gasteiger partial charge >= 0.3 is 0 Å². The molecule has 2 N–H and O–H groups in total. The van der Waals surface area contributed by atoms with Gasteiger partial charge in [0.15, 0.2) is 0 Å². The van der Waals surface area contributed by atoms with Crippen molar-refractivity contribution in [2.24, 2.45) is 5.73 Å². The average molecular weight is 258 g/mol. The maximum atomic E-state index is 5.91. The zero-order valence-electron chi connectivity index (χ0n) is 10.3. The van der Waals surface area contributed by atoms with E-state index < -0.39 is 0 Å². The standard InChI is InChI=1S/C13H14N4S/c1-8(14)10-7-15-17(9(10)2)13-16-11-5-3-4-6-12(11)18-13/h3-8H,14H2,1-2H3. The summed E-state index contributed by atoms with van der Waals surface area (Å²) in [5, 5.41) is 5.28. The van der Waals surface area contributed by atoms with E-state index in [4.69, 9.17) is 5.73 Å². The van der Waals surface area contributed by atoms with Gasteiger partial charge in [0.1, 0.15) is 0 Å². The number of benzene rings is 1. The van der Waals surface area contributed by atoms with Crippen LogP contribution in [0.4, 0.5) is 0 Å². The number of fused-ring (bicyclic) bond motifs is 1. The second-order valence-electron chi connectivity index (χ2n) is 4.35. The first-order chi connectivity index (χ1) is 8.66. The summed E-state index contributed by atoms with van der Waals surface area (Å²) in [6.07, 6.45) is 1.83. The SMILES string of the molecule is Cc1c(C(C)N)cnn1-c1nc2ccccc2s1. The van der Waals surface area contributed by atoms with Crippen molar-refractivity contribution in [2.45, 2.75) is 19.9 Å². The molecule has 0 radical (unpaired) electrons. The van der Waals surface area contributed by atoms with E-state index in [1.807, 2.05) is 42.9 Å². The van der Waals surface area contributed by atoms with Crippen LogP contribution in [0.5, 0.6) is 0 Å². The van der Waals surface area contributed by atoms with Crippen molar-refractivity contribution in [3.63, 3.8) is 0 Å². The Kier molecular flexibility index (Phi) is 2.65. The van der Waals surface area contributed by atoms with Crippen molar-refractivity contribution < 1.29 is 0 Å². The van der Waals surface area contributed by atoms with Gasteiger partial charge in [0.05, 0.1) is 16.4 Å². The number of nitrogens with two attached hydrogens (primary N) is 1. The predicted octanol–water partition coefficient (Wildman–Crippen LogP) is 2.81. The lowest BCUT2D eigenvalue weighted by atomic mass is 10.1. The van der Waals surface area contributed by atoms with Gasteiger partial charge in [0.2, 0.25) is 5.13 Å². The number of thiazole rings is 1. The molecule has 1 unspecified atom stereocenters. The minimum absolute atomic E-state index is 0.00636. The van der Waals surface area contributed by atoms with Crippen LogP contribution in [0.15, 0.2) is 30.5 Å². The van der Waals surface area contributed by atoms with Gasteiger partial charge in [0, 0.05) is 17.3 Å². The molecule has 92 valence electrons. The van der Waals surface area contributed by atoms with Crippen LogP contribution in [-0.4, -0.2) is 14.8 Å². The highest BCUT2D eigenvalue weighted by atomic mass is 32.1. The monoisotopic (exact) mass is 258 g/mol. The first-order valence-corrected chi connectivity index (χ1v) is 6.64. The zero-order chi connectivity index (χ0) is 12.7. The Morgan fingerprint density at radius 1 is 1.33 bits per heavy atom. The van der Waals surface area contributed by atoms with Gasteiger partial charge < -0.3 is 5.73 Å². The molecule has 2 aromatic heterocycles. The predicted molar refractivity (Wildman–Crippen MR) is 74.1 cm³/mol. The lowest BCUT2D eigenvalue weighted by molar-refractivity contribution is 0.795. The zero-order valence-corrected chi connectivity index (χ0v) is 11.1. The average Bonchev–Trinajstić information content (AvgIpc) is 2.91. The van der Waals surface area contributed by atoms with E-state index in [0.29, 0.717) is 0 Å². The van der Waals surface area contributed by atoms with E-state index in [1.54, 1.807) is 11.3 Å². The molecule has 0 saturated heterocycles. The molecule has 2 heterocycles. The number of aromatic nitrogens is 3. The number of nitrogens with zero attached hydrogens (tertiary/aromatic N) is 3. The van der Waals surface area contributed by atoms with Crippen LogP contribution in [-0.2, 0) is 0 Å². The first-order valence-electron chi connectivity index (χ1n) is 5.83. The second-order valence-corrected chi connectivity index (χ2v) is 5.36. The molecule has 3 aromatic rings. The van der Waals surface area contributed by atoms with Gasteiger partial charge in [-0.15, -0.1) is 0 Å². The highest BCUT2D eigenvalue weighted by molar-refractivity contribution is 7.20. The molecule has 0 bridgehead atoms. The fraction of sp³-hybridized carbons (Fsp3) is 0.231. The number of hydrogen-bond acceptors (Lipinski definition) is 4. The van der Waals surface area contributed by atoms with Crippen LogP contribution in [0.2, 0.25) is 0 Å². The minimum Gasteiger partial charge on any atom is -0.324 e. The summed E-state index contributed by atoms with van der Waals surface area (Å²) in [7, 11) is 0. The lowest BCUT2D eigenvalue weighted by Crippen LogP contribution is -2.06. The number of hydrogen-bond donors (Lipinski definition) is 1. The quantitative estimate of drug-likeness (QED) is 0.769. The molecule has 5 heteroatoms. The Hall–Kier alpha value is -1.72. The number of rotatable bonds is 2.